The first-order chi connectivity index (χ1) is 11.0. The number of halogens is 2. The van der Waals surface area contributed by atoms with Crippen LogP contribution in [0.4, 0.5) is 14.5 Å². The Balaban J connectivity index is 1.93. The van der Waals surface area contributed by atoms with Crippen LogP contribution in [0.15, 0.2) is 42.5 Å². The fourth-order valence-electron chi connectivity index (χ4n) is 2.25. The molecule has 4 nitrogen and oxygen atoms in total. The van der Waals surface area contributed by atoms with Crippen molar-refractivity contribution in [3.05, 3.63) is 59.7 Å². The van der Waals surface area contributed by atoms with Crippen LogP contribution in [0.3, 0.4) is 0 Å². The molecule has 0 unspecified atom stereocenters. The van der Waals surface area contributed by atoms with Gasteiger partial charge in [0.15, 0.2) is 6.54 Å². The van der Waals surface area contributed by atoms with Crippen molar-refractivity contribution in [1.29, 1.82) is 0 Å². The Labute approximate surface area is 133 Å². The monoisotopic (exact) mass is 321 g/mol. The van der Waals surface area contributed by atoms with Crippen molar-refractivity contribution < 1.29 is 23.6 Å². The molecule has 6 heteroatoms. The molecule has 23 heavy (non-hydrogen) atoms. The SMILES string of the molecule is COc1ccccc1[C@H](C)[NH2+]CC(=O)Nc1ccc(F)cc1F. The number of amides is 1. The molecule has 0 heterocycles. The van der Waals surface area contributed by atoms with Gasteiger partial charge in [0.1, 0.15) is 23.4 Å². The second-order valence-corrected chi connectivity index (χ2v) is 5.14. The Hall–Kier alpha value is -2.47. The van der Waals surface area contributed by atoms with E-state index in [1.165, 1.54) is 6.07 Å². The molecule has 3 N–H and O–H groups in total. The van der Waals surface area contributed by atoms with Crippen molar-refractivity contribution in [3.8, 4) is 5.75 Å². The van der Waals surface area contributed by atoms with Gasteiger partial charge in [0, 0.05) is 6.07 Å². The minimum atomic E-state index is -0.795. The van der Waals surface area contributed by atoms with E-state index in [0.717, 1.165) is 23.4 Å². The molecule has 0 spiro atoms. The maximum atomic E-state index is 13.5. The zero-order valence-corrected chi connectivity index (χ0v) is 13.0. The molecule has 0 aliphatic carbocycles. The van der Waals surface area contributed by atoms with Crippen LogP contribution in [-0.2, 0) is 4.79 Å². The molecule has 2 aromatic rings. The molecule has 1 amide bonds. The third kappa shape index (κ3) is 4.50. The van der Waals surface area contributed by atoms with Crippen LogP contribution in [-0.4, -0.2) is 19.6 Å². The number of carbonyl (C=O) groups is 1. The van der Waals surface area contributed by atoms with Crippen molar-refractivity contribution >= 4 is 11.6 Å². The number of quaternary nitrogens is 1. The third-order valence-electron chi connectivity index (χ3n) is 3.49. The maximum Gasteiger partial charge on any atom is 0.279 e. The second kappa shape index (κ2) is 7.69. The van der Waals surface area contributed by atoms with E-state index < -0.39 is 11.6 Å². The maximum absolute atomic E-state index is 13.5. The van der Waals surface area contributed by atoms with Gasteiger partial charge in [-0.25, -0.2) is 8.78 Å². The molecule has 0 aliphatic rings. The summed E-state index contributed by atoms with van der Waals surface area (Å²) in [6.45, 7) is 2.06. The van der Waals surface area contributed by atoms with Gasteiger partial charge in [-0.15, -0.1) is 0 Å². The highest BCUT2D eigenvalue weighted by molar-refractivity contribution is 5.91. The van der Waals surface area contributed by atoms with Gasteiger partial charge >= 0.3 is 0 Å². The van der Waals surface area contributed by atoms with Gasteiger partial charge in [0.05, 0.1) is 18.4 Å². The largest absolute Gasteiger partial charge is 0.496 e. The van der Waals surface area contributed by atoms with Crippen LogP contribution in [0.1, 0.15) is 18.5 Å². The number of para-hydroxylation sites is 1. The van der Waals surface area contributed by atoms with Crippen LogP contribution in [0.25, 0.3) is 0 Å². The molecule has 0 saturated carbocycles. The first-order valence-corrected chi connectivity index (χ1v) is 7.22. The van der Waals surface area contributed by atoms with Crippen LogP contribution in [0, 0.1) is 11.6 Å². The lowest BCUT2D eigenvalue weighted by atomic mass is 10.1. The molecule has 2 rings (SSSR count). The quantitative estimate of drug-likeness (QED) is 0.857. The van der Waals surface area contributed by atoms with Crippen molar-refractivity contribution in [3.63, 3.8) is 0 Å². The van der Waals surface area contributed by atoms with E-state index in [9.17, 15) is 13.6 Å². The minimum Gasteiger partial charge on any atom is -0.496 e. The second-order valence-electron chi connectivity index (χ2n) is 5.14. The molecular weight excluding hydrogens is 302 g/mol. The molecule has 1 atom stereocenters. The van der Waals surface area contributed by atoms with Crippen molar-refractivity contribution in [2.75, 3.05) is 19.0 Å². The summed E-state index contributed by atoms with van der Waals surface area (Å²) in [6.07, 6.45) is 0. The predicted molar refractivity (Wildman–Crippen MR) is 83.2 cm³/mol. The summed E-state index contributed by atoms with van der Waals surface area (Å²) in [5.74, 6) is -1.09. The van der Waals surface area contributed by atoms with Gasteiger partial charge in [-0.1, -0.05) is 12.1 Å². The first-order valence-electron chi connectivity index (χ1n) is 7.22. The third-order valence-corrected chi connectivity index (χ3v) is 3.49. The summed E-state index contributed by atoms with van der Waals surface area (Å²) < 4.78 is 31.6. The Morgan fingerprint density at radius 3 is 2.70 bits per heavy atom. The number of anilines is 1. The van der Waals surface area contributed by atoms with E-state index in [4.69, 9.17) is 4.74 Å². The molecular formula is C17H19F2N2O2+. The van der Waals surface area contributed by atoms with Crippen molar-refractivity contribution in [2.45, 2.75) is 13.0 Å². The smallest absolute Gasteiger partial charge is 0.279 e. The van der Waals surface area contributed by atoms with Crippen LogP contribution >= 0.6 is 0 Å². The Morgan fingerprint density at radius 2 is 2.00 bits per heavy atom. The van der Waals surface area contributed by atoms with E-state index in [-0.39, 0.29) is 24.2 Å². The Morgan fingerprint density at radius 1 is 1.26 bits per heavy atom. The number of ether oxygens (including phenoxy) is 1. The lowest BCUT2D eigenvalue weighted by Gasteiger charge is -2.14. The minimum absolute atomic E-state index is 0.00466. The van der Waals surface area contributed by atoms with Gasteiger partial charge < -0.3 is 15.4 Å². The highest BCUT2D eigenvalue weighted by Gasteiger charge is 2.16. The molecule has 0 radical (unpaired) electrons. The van der Waals surface area contributed by atoms with Gasteiger partial charge in [-0.3, -0.25) is 4.79 Å². The lowest BCUT2D eigenvalue weighted by molar-refractivity contribution is -0.682. The Kier molecular flexibility index (Phi) is 5.65. The zero-order valence-electron chi connectivity index (χ0n) is 13.0. The number of benzene rings is 2. The van der Waals surface area contributed by atoms with Crippen molar-refractivity contribution in [2.24, 2.45) is 0 Å². The van der Waals surface area contributed by atoms with Gasteiger partial charge in [0.25, 0.3) is 5.91 Å². The van der Waals surface area contributed by atoms with E-state index >= 15 is 0 Å². The summed E-state index contributed by atoms with van der Waals surface area (Å²) >= 11 is 0. The molecule has 0 fully saturated rings. The number of nitrogens with two attached hydrogens (primary N) is 1. The first kappa shape index (κ1) is 16.9. The highest BCUT2D eigenvalue weighted by Crippen LogP contribution is 2.21. The van der Waals surface area contributed by atoms with E-state index in [1.54, 1.807) is 7.11 Å². The number of carbonyl (C=O) groups excluding carboxylic acids is 1. The fourth-order valence-corrected chi connectivity index (χ4v) is 2.25. The molecule has 0 aromatic heterocycles. The molecule has 0 saturated heterocycles. The van der Waals surface area contributed by atoms with Crippen LogP contribution in [0.2, 0.25) is 0 Å². The molecule has 2 aromatic carbocycles. The van der Waals surface area contributed by atoms with Crippen molar-refractivity contribution in [1.82, 2.24) is 0 Å². The summed E-state index contributed by atoms with van der Waals surface area (Å²) in [4.78, 5) is 11.9. The number of hydrogen-bond acceptors (Lipinski definition) is 2. The summed E-state index contributed by atoms with van der Waals surface area (Å²) in [7, 11) is 1.59. The highest BCUT2D eigenvalue weighted by atomic mass is 19.1. The van der Waals surface area contributed by atoms with Crippen LogP contribution < -0.4 is 15.4 Å². The average Bonchev–Trinajstić information content (AvgIpc) is 2.55. The normalized spacial score (nSPS) is 11.8. The topological polar surface area (TPSA) is 54.9 Å². The van der Waals surface area contributed by atoms with Gasteiger partial charge in [-0.2, -0.15) is 0 Å². The average molecular weight is 321 g/mol. The number of nitrogens with one attached hydrogen (secondary N) is 1. The van der Waals surface area contributed by atoms with Gasteiger partial charge in [-0.05, 0) is 31.2 Å². The number of hydrogen-bond donors (Lipinski definition) is 2. The zero-order chi connectivity index (χ0) is 16.8. The van der Waals surface area contributed by atoms with E-state index in [1.807, 2.05) is 36.5 Å². The summed E-state index contributed by atoms with van der Waals surface area (Å²) in [5.41, 5.74) is 0.936. The molecule has 0 bridgehead atoms. The van der Waals surface area contributed by atoms with Crippen LogP contribution in [0.5, 0.6) is 5.75 Å². The predicted octanol–water partition coefficient (Wildman–Crippen LogP) is 2.24. The van der Waals surface area contributed by atoms with E-state index in [2.05, 4.69) is 5.32 Å². The standard InChI is InChI=1S/C17H18F2N2O2/c1-11(13-5-3-4-6-16(13)23-2)20-10-17(22)21-15-8-7-12(18)9-14(15)19/h3-9,11,20H,10H2,1-2H3,(H,21,22)/p+1/t11-/m0/s1. The van der Waals surface area contributed by atoms with Gasteiger partial charge in [0.2, 0.25) is 0 Å². The molecule has 0 aliphatic heterocycles. The lowest BCUT2D eigenvalue weighted by Crippen LogP contribution is -2.86. The number of methoxy groups -OCH3 is 1. The summed E-state index contributed by atoms with van der Waals surface area (Å²) in [5, 5.41) is 4.24. The Bertz CT molecular complexity index is 692. The number of rotatable bonds is 6. The summed E-state index contributed by atoms with van der Waals surface area (Å²) in [6, 6.07) is 10.6. The fraction of sp³-hybridized carbons (Fsp3) is 0.235. The van der Waals surface area contributed by atoms with E-state index in [0.29, 0.717) is 0 Å². The molecule has 122 valence electrons.